The van der Waals surface area contributed by atoms with E-state index >= 15 is 0 Å². The van der Waals surface area contributed by atoms with E-state index in [0.29, 0.717) is 63.3 Å². The second-order valence-corrected chi connectivity index (χ2v) is 14.3. The molecule has 0 bridgehead atoms. The van der Waals surface area contributed by atoms with E-state index in [1.54, 1.807) is 30.3 Å². The van der Waals surface area contributed by atoms with Gasteiger partial charge in [0.05, 0.1) is 28.7 Å². The predicted octanol–water partition coefficient (Wildman–Crippen LogP) is 7.28. The number of nitrogens with one attached hydrogen (secondary N) is 1. The van der Waals surface area contributed by atoms with Gasteiger partial charge in [0, 0.05) is 47.6 Å². The normalized spacial score (nSPS) is 13.6. The Hall–Kier alpha value is -4.45. The van der Waals surface area contributed by atoms with Crippen LogP contribution in [0.3, 0.4) is 0 Å². The zero-order valence-corrected chi connectivity index (χ0v) is 28.5. The van der Waals surface area contributed by atoms with Gasteiger partial charge in [-0.2, -0.15) is 8.42 Å². The molecule has 0 aliphatic heterocycles. The lowest BCUT2D eigenvalue weighted by Gasteiger charge is -2.21. The molecule has 48 heavy (non-hydrogen) atoms. The molecule has 6 rings (SSSR count). The Labute approximate surface area is 289 Å². The third-order valence-corrected chi connectivity index (χ3v) is 10.3. The highest BCUT2D eigenvalue weighted by Gasteiger charge is 2.20. The fourth-order valence-corrected chi connectivity index (χ4v) is 6.97. The van der Waals surface area contributed by atoms with Gasteiger partial charge in [-0.25, -0.2) is 9.71 Å². The summed E-state index contributed by atoms with van der Waals surface area (Å²) >= 11 is 12.7. The first kappa shape index (κ1) is 33.5. The molecule has 0 atom stereocenters. The lowest BCUT2D eigenvalue weighted by atomic mass is 9.90. The molecule has 0 spiro atoms. The van der Waals surface area contributed by atoms with Gasteiger partial charge in [-0.05, 0) is 66.8 Å². The van der Waals surface area contributed by atoms with E-state index in [-0.39, 0.29) is 6.41 Å². The highest BCUT2D eigenvalue weighted by Crippen LogP contribution is 2.32. The number of ether oxygens (including phenoxy) is 1. The highest BCUT2D eigenvalue weighted by molar-refractivity contribution is 7.91. The Bertz CT molecular complexity index is 2000. The zero-order valence-electron chi connectivity index (χ0n) is 26.2. The smallest absolute Gasteiger partial charge is 0.325 e. The van der Waals surface area contributed by atoms with E-state index in [9.17, 15) is 13.2 Å². The SMILES string of the molecule is CN(c1cccc(-n2cc(-c3ccc(Cl)cc3Cl)nc2Cc2ccc(-c3ccc(OCC4CCCCC4)nn3)cc2)c1)S(=O)(=O)NC=O. The predicted molar refractivity (Wildman–Crippen MR) is 188 cm³/mol. The number of halogens is 2. The number of nitrogens with zero attached hydrogens (tertiary/aromatic N) is 5. The van der Waals surface area contributed by atoms with Crippen molar-refractivity contribution in [2.75, 3.05) is 18.0 Å². The molecule has 5 aromatic rings. The van der Waals surface area contributed by atoms with Crippen LogP contribution in [0.25, 0.3) is 28.2 Å². The number of hydrogen-bond acceptors (Lipinski definition) is 7. The number of amides is 1. The molecule has 2 heterocycles. The van der Waals surface area contributed by atoms with Crippen molar-refractivity contribution >= 4 is 45.5 Å². The van der Waals surface area contributed by atoms with Crippen molar-refractivity contribution in [2.45, 2.75) is 38.5 Å². The van der Waals surface area contributed by atoms with Crippen LogP contribution in [0.15, 0.2) is 85.1 Å². The van der Waals surface area contributed by atoms with Crippen molar-refractivity contribution in [3.63, 3.8) is 0 Å². The number of rotatable bonds is 12. The fraction of sp³-hybridized carbons (Fsp3) is 0.257. The summed E-state index contributed by atoms with van der Waals surface area (Å²) in [6.45, 7) is 0.682. The summed E-state index contributed by atoms with van der Waals surface area (Å²) in [5.74, 6) is 1.82. The van der Waals surface area contributed by atoms with E-state index in [1.807, 2.05) is 64.0 Å². The van der Waals surface area contributed by atoms with Crippen molar-refractivity contribution in [2.24, 2.45) is 5.92 Å². The maximum absolute atomic E-state index is 12.5. The van der Waals surface area contributed by atoms with Crippen LogP contribution in [0.4, 0.5) is 5.69 Å². The van der Waals surface area contributed by atoms with Crippen molar-refractivity contribution < 1.29 is 17.9 Å². The standard InChI is InChI=1S/C35H34Cl2N6O4S/c1-42(48(45,46)38-23-44)28-8-5-9-29(20-28)43-21-33(30-15-14-27(36)19-31(30)37)39-34(43)18-24-10-12-26(13-11-24)32-16-17-35(41-40-32)47-22-25-6-3-2-4-7-25/h5,8-17,19-21,23,25H,2-4,6-7,18,22H2,1H3,(H,38,44). The number of anilines is 1. The van der Waals surface area contributed by atoms with Gasteiger partial charge in [0.25, 0.3) is 0 Å². The van der Waals surface area contributed by atoms with E-state index in [4.69, 9.17) is 32.9 Å². The molecule has 1 saturated carbocycles. The number of imidazole rings is 1. The van der Waals surface area contributed by atoms with Gasteiger partial charge < -0.3 is 9.30 Å². The highest BCUT2D eigenvalue weighted by atomic mass is 35.5. The molecule has 1 aliphatic rings. The van der Waals surface area contributed by atoms with Gasteiger partial charge in [-0.3, -0.25) is 9.10 Å². The maximum Gasteiger partial charge on any atom is 0.325 e. The molecule has 0 saturated heterocycles. The Morgan fingerprint density at radius 1 is 0.958 bits per heavy atom. The molecule has 2 aromatic heterocycles. The van der Waals surface area contributed by atoms with E-state index in [1.165, 1.54) is 39.2 Å². The van der Waals surface area contributed by atoms with Crippen LogP contribution in [0.1, 0.15) is 43.5 Å². The number of carbonyl (C=O) groups is 1. The summed E-state index contributed by atoms with van der Waals surface area (Å²) in [7, 11) is -2.70. The van der Waals surface area contributed by atoms with Crippen molar-refractivity contribution in [3.8, 4) is 34.1 Å². The summed E-state index contributed by atoms with van der Waals surface area (Å²) in [5.41, 5.74) is 4.99. The van der Waals surface area contributed by atoms with Crippen LogP contribution in [-0.2, 0) is 21.4 Å². The number of benzene rings is 3. The van der Waals surface area contributed by atoms with E-state index in [2.05, 4.69) is 10.2 Å². The van der Waals surface area contributed by atoms with Crippen LogP contribution in [0, 0.1) is 5.92 Å². The summed E-state index contributed by atoms with van der Waals surface area (Å²) < 4.78 is 35.7. The minimum atomic E-state index is -4.06. The first-order chi connectivity index (χ1) is 23.2. The van der Waals surface area contributed by atoms with Crippen LogP contribution < -0.4 is 13.8 Å². The second-order valence-electron chi connectivity index (χ2n) is 11.7. The minimum absolute atomic E-state index is 0.131. The number of hydrogen-bond donors (Lipinski definition) is 1. The molecule has 1 N–H and O–H groups in total. The van der Waals surface area contributed by atoms with Crippen LogP contribution in [0.5, 0.6) is 5.88 Å². The largest absolute Gasteiger partial charge is 0.476 e. The minimum Gasteiger partial charge on any atom is -0.476 e. The number of aromatic nitrogens is 4. The van der Waals surface area contributed by atoms with Crippen molar-refractivity contribution in [3.05, 3.63) is 106 Å². The quantitative estimate of drug-likeness (QED) is 0.136. The summed E-state index contributed by atoms with van der Waals surface area (Å²) in [4.78, 5) is 15.8. The van der Waals surface area contributed by atoms with Gasteiger partial charge in [0.1, 0.15) is 5.82 Å². The van der Waals surface area contributed by atoms with Crippen molar-refractivity contribution in [1.29, 1.82) is 0 Å². The fourth-order valence-electron chi connectivity index (χ4n) is 5.80. The molecule has 1 aliphatic carbocycles. The Kier molecular flexibility index (Phi) is 10.3. The lowest BCUT2D eigenvalue weighted by Crippen LogP contribution is -2.37. The van der Waals surface area contributed by atoms with Crippen LogP contribution in [0.2, 0.25) is 10.0 Å². The maximum atomic E-state index is 12.5. The zero-order chi connectivity index (χ0) is 33.7. The first-order valence-corrected chi connectivity index (χ1v) is 17.8. The van der Waals surface area contributed by atoms with Gasteiger partial charge >= 0.3 is 10.2 Å². The molecule has 248 valence electrons. The summed E-state index contributed by atoms with van der Waals surface area (Å²) in [6.07, 6.45) is 8.71. The van der Waals surface area contributed by atoms with Crippen LogP contribution in [-0.4, -0.2) is 48.2 Å². The Balaban J connectivity index is 1.25. The molecule has 10 nitrogen and oxygen atoms in total. The molecular formula is C35H34Cl2N6O4S. The van der Waals surface area contributed by atoms with Gasteiger partial charge in [-0.15, -0.1) is 10.2 Å². The summed E-state index contributed by atoms with van der Waals surface area (Å²) in [5, 5.41) is 9.66. The third-order valence-electron chi connectivity index (χ3n) is 8.46. The van der Waals surface area contributed by atoms with Gasteiger partial charge in [-0.1, -0.05) is 72.8 Å². The summed E-state index contributed by atoms with van der Waals surface area (Å²) in [6, 6.07) is 23.9. The van der Waals surface area contributed by atoms with Crippen molar-refractivity contribution in [1.82, 2.24) is 24.5 Å². The van der Waals surface area contributed by atoms with Crippen LogP contribution >= 0.6 is 23.2 Å². The van der Waals surface area contributed by atoms with E-state index in [0.717, 1.165) is 21.1 Å². The molecule has 1 fully saturated rings. The molecule has 0 radical (unpaired) electrons. The monoisotopic (exact) mass is 704 g/mol. The molecule has 0 unspecified atom stereocenters. The lowest BCUT2D eigenvalue weighted by molar-refractivity contribution is -0.108. The second kappa shape index (κ2) is 14.8. The van der Waals surface area contributed by atoms with E-state index < -0.39 is 10.2 Å². The first-order valence-electron chi connectivity index (χ1n) is 15.6. The van der Waals surface area contributed by atoms with Gasteiger partial charge in [0.2, 0.25) is 12.3 Å². The average Bonchev–Trinajstić information content (AvgIpc) is 3.51. The third kappa shape index (κ3) is 7.81. The number of carbonyl (C=O) groups excluding carboxylic acids is 1. The topological polar surface area (TPSA) is 119 Å². The molecular weight excluding hydrogens is 671 g/mol. The van der Waals surface area contributed by atoms with Gasteiger partial charge in [0.15, 0.2) is 0 Å². The molecule has 3 aromatic carbocycles. The Morgan fingerprint density at radius 2 is 1.75 bits per heavy atom. The molecule has 13 heteroatoms. The molecule has 1 amide bonds. The Morgan fingerprint density at radius 3 is 2.46 bits per heavy atom. The average molecular weight is 706 g/mol.